The van der Waals surface area contributed by atoms with E-state index < -0.39 is 8.80 Å². The first-order valence-corrected chi connectivity index (χ1v) is 12.8. The molecule has 0 aliphatic carbocycles. The highest BCUT2D eigenvalue weighted by molar-refractivity contribution is 9.09. The molecule has 0 atom stereocenters. The van der Waals surface area contributed by atoms with E-state index in [1.165, 1.54) is 12.0 Å². The van der Waals surface area contributed by atoms with E-state index in [4.69, 9.17) is 13.3 Å². The maximum Gasteiger partial charge on any atom is 0.500 e. The Hall–Kier alpha value is 0.207. The highest BCUT2D eigenvalue weighted by atomic mass is 79.9. The van der Waals surface area contributed by atoms with Gasteiger partial charge in [0.05, 0.1) is 0 Å². The van der Waals surface area contributed by atoms with Crippen LogP contribution in [0.4, 0.5) is 0 Å². The summed E-state index contributed by atoms with van der Waals surface area (Å²) in [7, 11) is -2.47. The molecule has 1 heterocycles. The summed E-state index contributed by atoms with van der Waals surface area (Å²) in [6.45, 7) is 7.89. The molecule has 140 valence electrons. The molecular weight excluding hydrogens is 454 g/mol. The van der Waals surface area contributed by atoms with Gasteiger partial charge in [0.25, 0.3) is 0 Å². The molecule has 0 unspecified atom stereocenters. The molecule has 0 bridgehead atoms. The summed E-state index contributed by atoms with van der Waals surface area (Å²) in [5.74, 6) is 0. The molecule has 0 amide bonds. The Kier molecular flexibility index (Phi) is 16.8. The highest BCUT2D eigenvalue weighted by Crippen LogP contribution is 2.19. The lowest BCUT2D eigenvalue weighted by Gasteiger charge is -2.28. The van der Waals surface area contributed by atoms with Crippen LogP contribution in [0, 0.1) is 0 Å². The molecule has 0 aromatic carbocycles. The Bertz CT molecular complexity index is 366. The average Bonchev–Trinajstić information content (AvgIpc) is 2.58. The number of rotatable bonds is 12. The van der Waals surface area contributed by atoms with Crippen molar-refractivity contribution in [3.05, 3.63) is 30.1 Å². The molecule has 4 nitrogen and oxygen atoms in total. The average molecular weight is 485 g/mol. The first kappa shape index (κ1) is 24.2. The second-order valence-corrected chi connectivity index (χ2v) is 9.24. The van der Waals surface area contributed by atoms with Crippen molar-refractivity contribution < 1.29 is 13.3 Å². The molecule has 0 saturated carbocycles. The van der Waals surface area contributed by atoms with Crippen molar-refractivity contribution in [3.8, 4) is 0 Å². The van der Waals surface area contributed by atoms with Crippen molar-refractivity contribution >= 4 is 40.7 Å². The molecule has 1 aromatic rings. The Morgan fingerprint density at radius 2 is 1.38 bits per heavy atom. The molecule has 0 fully saturated rings. The Balaban J connectivity index is 0.000000922. The van der Waals surface area contributed by atoms with E-state index >= 15 is 0 Å². The number of nitrogens with zero attached hydrogens (tertiary/aromatic N) is 1. The summed E-state index contributed by atoms with van der Waals surface area (Å²) < 4.78 is 17.5. The van der Waals surface area contributed by atoms with Crippen LogP contribution in [0.3, 0.4) is 0 Å². The van der Waals surface area contributed by atoms with Crippen molar-refractivity contribution in [2.75, 3.05) is 30.5 Å². The maximum atomic E-state index is 5.83. The van der Waals surface area contributed by atoms with Gasteiger partial charge in [0.2, 0.25) is 0 Å². The number of aryl methyl sites for hydroxylation is 1. The second kappa shape index (κ2) is 16.7. The summed E-state index contributed by atoms with van der Waals surface area (Å²) in [4.78, 5) is 4.03. The molecule has 1 rings (SSSR count). The molecule has 0 N–H and O–H groups in total. The molecule has 0 saturated heterocycles. The largest absolute Gasteiger partial charge is 0.500 e. The topological polar surface area (TPSA) is 40.6 Å². The predicted molar refractivity (Wildman–Crippen MR) is 110 cm³/mol. The number of hydrogen-bond acceptors (Lipinski definition) is 4. The van der Waals surface area contributed by atoms with E-state index in [0.717, 1.165) is 29.5 Å². The van der Waals surface area contributed by atoms with E-state index in [1.54, 1.807) is 0 Å². The van der Waals surface area contributed by atoms with Crippen LogP contribution in [-0.2, 0) is 19.7 Å². The third-order valence-corrected chi connectivity index (χ3v) is 7.33. The van der Waals surface area contributed by atoms with Crippen molar-refractivity contribution in [2.24, 2.45) is 0 Å². The normalized spacial score (nSPS) is 11.0. The Morgan fingerprint density at radius 1 is 0.875 bits per heavy atom. The molecule has 0 aliphatic rings. The number of hydrogen-bond donors (Lipinski definition) is 0. The SMILES string of the molecule is BrCCCBr.CCO[Si](CCCc1ccncc1)(OCC)OCC. The van der Waals surface area contributed by atoms with Crippen molar-refractivity contribution in [1.82, 2.24) is 4.98 Å². The van der Waals surface area contributed by atoms with E-state index in [-0.39, 0.29) is 0 Å². The monoisotopic (exact) mass is 483 g/mol. The zero-order valence-electron chi connectivity index (χ0n) is 15.1. The van der Waals surface area contributed by atoms with Gasteiger partial charge < -0.3 is 13.3 Å². The van der Waals surface area contributed by atoms with Crippen LogP contribution in [0.1, 0.15) is 39.2 Å². The lowest BCUT2D eigenvalue weighted by molar-refractivity contribution is 0.0708. The molecule has 0 spiro atoms. The minimum Gasteiger partial charge on any atom is -0.374 e. The van der Waals surface area contributed by atoms with Gasteiger partial charge in [-0.1, -0.05) is 31.9 Å². The van der Waals surface area contributed by atoms with Crippen LogP contribution < -0.4 is 0 Å². The van der Waals surface area contributed by atoms with Crippen LogP contribution in [0.25, 0.3) is 0 Å². The van der Waals surface area contributed by atoms with Crippen molar-refractivity contribution in [1.29, 1.82) is 0 Å². The number of aromatic nitrogens is 1. The summed E-state index contributed by atoms with van der Waals surface area (Å²) >= 11 is 6.56. The van der Waals surface area contributed by atoms with Crippen molar-refractivity contribution in [3.63, 3.8) is 0 Å². The minimum atomic E-state index is -2.47. The highest BCUT2D eigenvalue weighted by Gasteiger charge is 2.39. The van der Waals surface area contributed by atoms with Crippen LogP contribution >= 0.6 is 31.9 Å². The maximum absolute atomic E-state index is 5.83. The number of pyridine rings is 1. The van der Waals surface area contributed by atoms with Gasteiger partial charge in [0.1, 0.15) is 0 Å². The molecular formula is C17H31Br2NO3Si. The third kappa shape index (κ3) is 11.7. The fourth-order valence-electron chi connectivity index (χ4n) is 2.11. The quantitative estimate of drug-likeness (QED) is 0.301. The number of alkyl halides is 2. The lowest BCUT2D eigenvalue weighted by Crippen LogP contribution is -2.46. The van der Waals surface area contributed by atoms with E-state index in [9.17, 15) is 0 Å². The second-order valence-electron chi connectivity index (χ2n) is 4.92. The molecule has 1 aromatic heterocycles. The molecule has 0 radical (unpaired) electrons. The van der Waals surface area contributed by atoms with Gasteiger partial charge in [-0.15, -0.1) is 0 Å². The Morgan fingerprint density at radius 3 is 1.75 bits per heavy atom. The summed E-state index contributed by atoms with van der Waals surface area (Å²) in [6.07, 6.45) is 6.89. The standard InChI is InChI=1S/C14H25NO3Si.C3H6Br2/c1-4-16-19(17-5-2,18-6-3)13-7-8-14-9-11-15-12-10-14;4-2-1-3-5/h9-12H,4-8,13H2,1-3H3;1-3H2. The molecule has 7 heteroatoms. The molecule has 24 heavy (non-hydrogen) atoms. The van der Waals surface area contributed by atoms with Gasteiger partial charge in [-0.2, -0.15) is 0 Å². The first-order valence-electron chi connectivity index (χ1n) is 8.60. The summed E-state index contributed by atoms with van der Waals surface area (Å²) in [5.41, 5.74) is 1.29. The fraction of sp³-hybridized carbons (Fsp3) is 0.706. The van der Waals surface area contributed by atoms with Gasteiger partial charge in [0, 0.05) is 48.9 Å². The number of halogens is 2. The van der Waals surface area contributed by atoms with E-state index in [2.05, 4.69) is 36.8 Å². The Labute approximate surface area is 165 Å². The summed E-state index contributed by atoms with van der Waals surface area (Å²) in [5, 5.41) is 2.22. The van der Waals surface area contributed by atoms with Gasteiger partial charge >= 0.3 is 8.80 Å². The van der Waals surface area contributed by atoms with Gasteiger partial charge in [-0.05, 0) is 57.7 Å². The first-order chi connectivity index (χ1) is 11.7. The third-order valence-electron chi connectivity index (χ3n) is 3.06. The van der Waals surface area contributed by atoms with Crippen molar-refractivity contribution in [2.45, 2.75) is 46.1 Å². The summed E-state index contributed by atoms with van der Waals surface area (Å²) in [6, 6.07) is 4.96. The van der Waals surface area contributed by atoms with Gasteiger partial charge in [-0.25, -0.2) is 0 Å². The van der Waals surface area contributed by atoms with Gasteiger partial charge in [-0.3, -0.25) is 4.98 Å². The fourth-order valence-corrected chi connectivity index (χ4v) is 6.04. The van der Waals surface area contributed by atoms with E-state index in [1.807, 2.05) is 45.3 Å². The smallest absolute Gasteiger partial charge is 0.374 e. The zero-order chi connectivity index (χ0) is 18.1. The van der Waals surface area contributed by atoms with Crippen LogP contribution in [0.2, 0.25) is 6.04 Å². The van der Waals surface area contributed by atoms with Gasteiger partial charge in [0.15, 0.2) is 0 Å². The predicted octanol–water partition coefficient (Wildman–Crippen LogP) is 5.23. The molecule has 0 aliphatic heterocycles. The minimum absolute atomic E-state index is 0.640. The van der Waals surface area contributed by atoms with Crippen LogP contribution in [0.5, 0.6) is 0 Å². The lowest BCUT2D eigenvalue weighted by atomic mass is 10.2. The van der Waals surface area contributed by atoms with Crippen LogP contribution in [-0.4, -0.2) is 44.3 Å². The zero-order valence-corrected chi connectivity index (χ0v) is 19.3. The van der Waals surface area contributed by atoms with E-state index in [0.29, 0.717) is 19.8 Å². The van der Waals surface area contributed by atoms with Crippen LogP contribution in [0.15, 0.2) is 24.5 Å².